The summed E-state index contributed by atoms with van der Waals surface area (Å²) >= 11 is 0. The normalized spacial score (nSPS) is 26.2. The van der Waals surface area contributed by atoms with Crippen molar-refractivity contribution in [1.29, 1.82) is 0 Å². The number of carbonyl (C=O) groups excluding carboxylic acids is 4. The number of ketones is 1. The van der Waals surface area contributed by atoms with E-state index in [1.165, 1.54) is 6.08 Å². The van der Waals surface area contributed by atoms with E-state index in [0.29, 0.717) is 36.3 Å². The average Bonchev–Trinajstić information content (AvgIpc) is 2.92. The molecule has 1 unspecified atom stereocenters. The zero-order valence-electron chi connectivity index (χ0n) is 24.4. The largest absolute Gasteiger partial charge is 0.458 e. The van der Waals surface area contributed by atoms with Crippen molar-refractivity contribution in [2.45, 2.75) is 64.6 Å². The molecule has 41 heavy (non-hydrogen) atoms. The van der Waals surface area contributed by atoms with E-state index >= 15 is 0 Å². The number of aliphatic hydroxyl groups is 1. The average molecular weight is 569 g/mol. The molecule has 222 valence electrons. The molecule has 1 aromatic rings. The summed E-state index contributed by atoms with van der Waals surface area (Å²) in [6.07, 6.45) is 7.28. The van der Waals surface area contributed by atoms with Gasteiger partial charge < -0.3 is 30.0 Å². The summed E-state index contributed by atoms with van der Waals surface area (Å²) in [5.74, 6) is -1.65. The number of nitrogens with one attached hydrogen (secondary N) is 2. The molecule has 1 aliphatic heterocycles. The molecule has 0 fully saturated rings. The molecular formula is C31H40N2O8. The second kappa shape index (κ2) is 11.8. The van der Waals surface area contributed by atoms with Gasteiger partial charge in [0.15, 0.2) is 5.78 Å². The summed E-state index contributed by atoms with van der Waals surface area (Å²) in [7, 11) is 1.57. The van der Waals surface area contributed by atoms with E-state index in [4.69, 9.17) is 19.3 Å². The van der Waals surface area contributed by atoms with Crippen molar-refractivity contribution in [2.75, 3.05) is 26.8 Å². The van der Waals surface area contributed by atoms with E-state index in [9.17, 15) is 19.2 Å². The van der Waals surface area contributed by atoms with Gasteiger partial charge in [-0.15, -0.1) is 0 Å². The van der Waals surface area contributed by atoms with Crippen LogP contribution in [-0.2, 0) is 29.3 Å². The molecule has 0 aromatic heterocycles. The van der Waals surface area contributed by atoms with Crippen LogP contribution in [0.1, 0.15) is 58.9 Å². The van der Waals surface area contributed by atoms with Crippen LogP contribution in [0.3, 0.4) is 0 Å². The first-order chi connectivity index (χ1) is 19.3. The Kier molecular flexibility index (Phi) is 8.75. The van der Waals surface area contributed by atoms with Gasteiger partial charge in [-0.25, -0.2) is 0 Å². The van der Waals surface area contributed by atoms with Crippen molar-refractivity contribution >= 4 is 23.6 Å². The third-order valence-electron chi connectivity index (χ3n) is 8.04. The zero-order chi connectivity index (χ0) is 30.0. The van der Waals surface area contributed by atoms with Gasteiger partial charge >= 0.3 is 5.97 Å². The number of aliphatic hydroxyl groups excluding tert-OH is 1. The topological polar surface area (TPSA) is 140 Å². The number of hydrogen-bond acceptors (Lipinski definition) is 8. The standard InChI is InChI=1S/C31H40N2O8/c1-29(2,3)28(38)40-20-9-10-24-22(16-20)30(4)17-19(7-6-8-25(36)33-18-26(37)32-13-14-34)15-21-23(35)11-12-31(39-5,41-24)27(21)30/h9-12,15-16,19,27,34H,6-8,13-14,17-18H2,1-5H3,(H,32,37)(H,33,36)/t19?,27-,30-,31-/m1/s1. The fourth-order valence-corrected chi connectivity index (χ4v) is 6.05. The number of hydrogen-bond donors (Lipinski definition) is 3. The highest BCUT2D eigenvalue weighted by molar-refractivity contribution is 6.06. The van der Waals surface area contributed by atoms with Gasteiger partial charge in [-0.05, 0) is 76.3 Å². The number of carbonyl (C=O) groups is 4. The van der Waals surface area contributed by atoms with Gasteiger partial charge in [0.25, 0.3) is 0 Å². The van der Waals surface area contributed by atoms with Gasteiger partial charge in [0.05, 0.1) is 24.5 Å². The minimum atomic E-state index is -1.16. The molecule has 0 spiro atoms. The van der Waals surface area contributed by atoms with Crippen molar-refractivity contribution in [3.05, 3.63) is 47.6 Å². The van der Waals surface area contributed by atoms with E-state index in [1.807, 2.05) is 12.1 Å². The molecule has 0 radical (unpaired) electrons. The number of allylic oxidation sites excluding steroid dienone is 2. The Morgan fingerprint density at radius 2 is 1.93 bits per heavy atom. The zero-order valence-corrected chi connectivity index (χ0v) is 24.4. The molecule has 1 heterocycles. The molecule has 0 saturated carbocycles. The monoisotopic (exact) mass is 568 g/mol. The maximum Gasteiger partial charge on any atom is 0.316 e. The van der Waals surface area contributed by atoms with Gasteiger partial charge in [-0.2, -0.15) is 0 Å². The SMILES string of the molecule is CO[C@]12C=CC(=O)C3=CC(CCCC(=O)NCC(=O)NCCO)C[C@](C)(c4cc(OC(=O)C(C)(C)C)ccc4O1)[C@@H]32. The number of rotatable bonds is 10. The number of ether oxygens (including phenoxy) is 3. The van der Waals surface area contributed by atoms with E-state index in [2.05, 4.69) is 17.6 Å². The van der Waals surface area contributed by atoms with Crippen molar-refractivity contribution in [3.8, 4) is 11.5 Å². The first-order valence-electron chi connectivity index (χ1n) is 14.0. The number of benzene rings is 1. The number of esters is 1. The summed E-state index contributed by atoms with van der Waals surface area (Å²) in [5.41, 5.74) is 0.167. The van der Waals surface area contributed by atoms with Gasteiger partial charge in [0.2, 0.25) is 17.6 Å². The van der Waals surface area contributed by atoms with Crippen LogP contribution in [0.5, 0.6) is 11.5 Å². The van der Waals surface area contributed by atoms with E-state index in [1.54, 1.807) is 46.1 Å². The fraction of sp³-hybridized carbons (Fsp3) is 0.548. The molecule has 2 amide bonds. The summed E-state index contributed by atoms with van der Waals surface area (Å²) in [6, 6.07) is 5.31. The Morgan fingerprint density at radius 1 is 1.17 bits per heavy atom. The van der Waals surface area contributed by atoms with E-state index in [0.717, 1.165) is 5.56 Å². The van der Waals surface area contributed by atoms with Crippen LogP contribution >= 0.6 is 0 Å². The van der Waals surface area contributed by atoms with Crippen LogP contribution in [0.15, 0.2) is 42.0 Å². The first kappa shape index (κ1) is 30.5. The molecule has 3 N–H and O–H groups in total. The Bertz CT molecular complexity index is 1280. The Balaban J connectivity index is 1.57. The van der Waals surface area contributed by atoms with Crippen molar-refractivity contribution < 1.29 is 38.5 Å². The van der Waals surface area contributed by atoms with Crippen molar-refractivity contribution in [2.24, 2.45) is 17.3 Å². The maximum absolute atomic E-state index is 13.2. The van der Waals surface area contributed by atoms with Crippen LogP contribution in [0.2, 0.25) is 0 Å². The number of methoxy groups -OCH3 is 1. The predicted molar refractivity (Wildman–Crippen MR) is 150 cm³/mol. The minimum absolute atomic E-state index is 0.0105. The summed E-state index contributed by atoms with van der Waals surface area (Å²) in [4.78, 5) is 49.8. The predicted octanol–water partition coefficient (Wildman–Crippen LogP) is 2.73. The molecule has 4 rings (SSSR count). The third kappa shape index (κ3) is 6.23. The molecule has 0 bridgehead atoms. The fourth-order valence-electron chi connectivity index (χ4n) is 6.05. The smallest absolute Gasteiger partial charge is 0.316 e. The Labute approximate surface area is 240 Å². The van der Waals surface area contributed by atoms with Gasteiger partial charge in [-0.1, -0.05) is 13.0 Å². The lowest BCUT2D eigenvalue weighted by Gasteiger charge is -2.56. The second-order valence-electron chi connectivity index (χ2n) is 12.2. The molecular weight excluding hydrogens is 528 g/mol. The summed E-state index contributed by atoms with van der Waals surface area (Å²) in [6.45, 7) is 7.29. The van der Waals surface area contributed by atoms with Crippen molar-refractivity contribution in [3.63, 3.8) is 0 Å². The number of fused-ring (bicyclic) bond motifs is 2. The molecule has 3 aliphatic rings. The number of amides is 2. The maximum atomic E-state index is 13.2. The van der Waals surface area contributed by atoms with E-state index in [-0.39, 0.29) is 55.6 Å². The van der Waals surface area contributed by atoms with Gasteiger partial charge in [0, 0.05) is 36.6 Å². The lowest BCUT2D eigenvalue weighted by atomic mass is 9.54. The van der Waals surface area contributed by atoms with Crippen LogP contribution in [0, 0.1) is 17.3 Å². The highest BCUT2D eigenvalue weighted by Gasteiger charge is 2.61. The highest BCUT2D eigenvalue weighted by Crippen LogP contribution is 2.59. The molecule has 10 nitrogen and oxygen atoms in total. The highest BCUT2D eigenvalue weighted by atomic mass is 16.7. The first-order valence-corrected chi connectivity index (χ1v) is 14.0. The minimum Gasteiger partial charge on any atom is -0.458 e. The summed E-state index contributed by atoms with van der Waals surface area (Å²) in [5, 5.41) is 13.9. The van der Waals surface area contributed by atoms with E-state index < -0.39 is 22.5 Å². The van der Waals surface area contributed by atoms with Crippen LogP contribution in [0.25, 0.3) is 0 Å². The van der Waals surface area contributed by atoms with Gasteiger partial charge in [-0.3, -0.25) is 19.2 Å². The lowest BCUT2D eigenvalue weighted by molar-refractivity contribution is -0.188. The molecule has 10 heteroatoms. The van der Waals surface area contributed by atoms with Crippen LogP contribution < -0.4 is 20.1 Å². The molecule has 1 aromatic carbocycles. The van der Waals surface area contributed by atoms with Crippen LogP contribution in [0.4, 0.5) is 0 Å². The third-order valence-corrected chi connectivity index (χ3v) is 8.04. The lowest BCUT2D eigenvalue weighted by Crippen LogP contribution is -2.60. The Morgan fingerprint density at radius 3 is 2.61 bits per heavy atom. The molecule has 2 aliphatic carbocycles. The van der Waals surface area contributed by atoms with Crippen molar-refractivity contribution in [1.82, 2.24) is 10.6 Å². The van der Waals surface area contributed by atoms with Crippen LogP contribution in [-0.4, -0.2) is 61.3 Å². The Hall–Kier alpha value is -3.50. The molecule has 0 saturated heterocycles. The molecule has 4 atom stereocenters. The quantitative estimate of drug-likeness (QED) is 0.289. The van der Waals surface area contributed by atoms with Gasteiger partial charge in [0.1, 0.15) is 11.5 Å². The second-order valence-corrected chi connectivity index (χ2v) is 12.2. The summed E-state index contributed by atoms with van der Waals surface area (Å²) < 4.78 is 18.1.